The van der Waals surface area contributed by atoms with Crippen molar-refractivity contribution < 1.29 is 0 Å². The molecule has 2 heteroatoms. The Balaban J connectivity index is 0.731. The minimum Gasteiger partial charge on any atom is -0.363 e. The van der Waals surface area contributed by atoms with Gasteiger partial charge in [0.2, 0.25) is 0 Å². The average Bonchev–Trinajstić information content (AvgIpc) is 4.02. The highest BCUT2D eigenvalue weighted by molar-refractivity contribution is 5.80. The van der Waals surface area contributed by atoms with Crippen LogP contribution in [0.2, 0.25) is 0 Å². The molecule has 0 saturated heterocycles. The van der Waals surface area contributed by atoms with Crippen molar-refractivity contribution in [3.8, 4) is 11.1 Å². The molecular weight excluding hydrogens is 785 g/mol. The molecule has 65 heavy (non-hydrogen) atoms. The summed E-state index contributed by atoms with van der Waals surface area (Å²) in [5, 5.41) is 0. The van der Waals surface area contributed by atoms with Crippen molar-refractivity contribution in [3.05, 3.63) is 226 Å². The second-order valence-electron chi connectivity index (χ2n) is 20.1. The minimum absolute atomic E-state index is 0.247. The summed E-state index contributed by atoms with van der Waals surface area (Å²) >= 11 is 0. The number of benzene rings is 3. The van der Waals surface area contributed by atoms with Gasteiger partial charge in [-0.1, -0.05) is 164 Å². The summed E-state index contributed by atoms with van der Waals surface area (Å²) in [6, 6.07) is 27.7. The van der Waals surface area contributed by atoms with Crippen LogP contribution < -0.4 is 0 Å². The van der Waals surface area contributed by atoms with Crippen LogP contribution in [0.25, 0.3) is 22.3 Å². The fourth-order valence-electron chi connectivity index (χ4n) is 12.7. The van der Waals surface area contributed by atoms with Crippen LogP contribution in [0, 0.1) is 11.8 Å². The van der Waals surface area contributed by atoms with Crippen LogP contribution in [0.3, 0.4) is 0 Å². The SMILES string of the molecule is C1=CC(C2=CC(c3cccc(-c4ccc5c(c4)C4C=CC=CN4C5/C=C4\C5C6=C(CCC=C6)C6CCC=CN6C45)c3)=CCC2)CC(c2cccc(CCCCCCC3=CCCC=C3)c2)=C1. The highest BCUT2D eigenvalue weighted by atomic mass is 15.2. The summed E-state index contributed by atoms with van der Waals surface area (Å²) in [6.45, 7) is 0. The van der Waals surface area contributed by atoms with E-state index in [2.05, 4.69) is 180 Å². The molecule has 6 atom stereocenters. The van der Waals surface area contributed by atoms with Crippen molar-refractivity contribution in [2.24, 2.45) is 11.8 Å². The van der Waals surface area contributed by atoms with E-state index in [4.69, 9.17) is 0 Å². The van der Waals surface area contributed by atoms with E-state index in [0.29, 0.717) is 23.9 Å². The van der Waals surface area contributed by atoms with Gasteiger partial charge < -0.3 is 9.80 Å². The zero-order valence-electron chi connectivity index (χ0n) is 38.1. The number of rotatable bonds is 12. The molecule has 4 aliphatic heterocycles. The molecule has 1 fully saturated rings. The minimum atomic E-state index is 0.247. The zero-order valence-corrected chi connectivity index (χ0v) is 38.1. The largest absolute Gasteiger partial charge is 0.363 e. The van der Waals surface area contributed by atoms with Crippen LogP contribution in [-0.2, 0) is 6.42 Å². The maximum Gasteiger partial charge on any atom is 0.0737 e. The van der Waals surface area contributed by atoms with Gasteiger partial charge in [0.1, 0.15) is 0 Å². The highest BCUT2D eigenvalue weighted by Gasteiger charge is 2.56. The molecule has 0 bridgehead atoms. The quantitative estimate of drug-likeness (QED) is 0.132. The first-order valence-electron chi connectivity index (χ1n) is 25.4. The van der Waals surface area contributed by atoms with Crippen LogP contribution in [0.15, 0.2) is 198 Å². The Labute approximate surface area is 388 Å². The molecule has 1 saturated carbocycles. The van der Waals surface area contributed by atoms with E-state index in [1.807, 2.05) is 0 Å². The van der Waals surface area contributed by atoms with Crippen LogP contribution in [0.5, 0.6) is 0 Å². The van der Waals surface area contributed by atoms with Crippen molar-refractivity contribution in [1.82, 2.24) is 9.80 Å². The van der Waals surface area contributed by atoms with Crippen molar-refractivity contribution >= 4 is 11.1 Å². The van der Waals surface area contributed by atoms with Gasteiger partial charge in [0, 0.05) is 18.0 Å². The Morgan fingerprint density at radius 2 is 1.54 bits per heavy atom. The van der Waals surface area contributed by atoms with Crippen LogP contribution in [0.1, 0.15) is 130 Å². The van der Waals surface area contributed by atoms with E-state index in [1.165, 1.54) is 127 Å². The van der Waals surface area contributed by atoms with Crippen molar-refractivity contribution in [2.45, 2.75) is 120 Å². The lowest BCUT2D eigenvalue weighted by molar-refractivity contribution is 0.249. The van der Waals surface area contributed by atoms with E-state index in [1.54, 1.807) is 27.9 Å². The number of hydrogen-bond acceptors (Lipinski definition) is 2. The topological polar surface area (TPSA) is 6.48 Å². The molecule has 6 unspecified atom stereocenters. The smallest absolute Gasteiger partial charge is 0.0737 e. The predicted octanol–water partition coefficient (Wildman–Crippen LogP) is 15.9. The first kappa shape index (κ1) is 40.6. The number of allylic oxidation sites excluding steroid dienone is 17. The van der Waals surface area contributed by atoms with Gasteiger partial charge in [-0.25, -0.2) is 0 Å². The van der Waals surface area contributed by atoms with Gasteiger partial charge in [0.25, 0.3) is 0 Å². The van der Waals surface area contributed by atoms with E-state index in [0.717, 1.165) is 19.3 Å². The molecule has 2 nitrogen and oxygen atoms in total. The summed E-state index contributed by atoms with van der Waals surface area (Å²) in [4.78, 5) is 5.33. The Kier molecular flexibility index (Phi) is 11.2. The molecule has 3 aromatic carbocycles. The lowest BCUT2D eigenvalue weighted by atomic mass is 9.80. The summed E-state index contributed by atoms with van der Waals surface area (Å²) in [5.74, 6) is 0.986. The number of fused-ring (bicyclic) bond motifs is 8. The molecule has 0 spiro atoms. The Hall–Kier alpha value is -5.86. The molecule has 9 aliphatic rings. The average molecular weight is 849 g/mol. The van der Waals surface area contributed by atoms with E-state index >= 15 is 0 Å². The van der Waals surface area contributed by atoms with E-state index in [-0.39, 0.29) is 12.1 Å². The second kappa shape index (κ2) is 17.8. The van der Waals surface area contributed by atoms with Crippen LogP contribution >= 0.6 is 0 Å². The van der Waals surface area contributed by atoms with Crippen molar-refractivity contribution in [1.29, 1.82) is 0 Å². The Morgan fingerprint density at radius 1 is 0.646 bits per heavy atom. The standard InChI is InChI=1S/C63H64N2/c1(4-18-44-19-6-3-7-20-44)2-5-21-45-22-14-23-46(38-45)47-24-15-25-48(39-47)49-26-16-27-50(40-49)51-28-17-29-52(41-51)53-34-35-55-57(42-53)60-33-10-12-36-64(60)61(55)43-58-62-56-31-9-8-30-54(56)59-32-11-13-37-65(59)63(58)62/h6,9-10,12-15,17,19-20,22-25,27-29,31,33-38,40-43,48,59-63H,1-5,7-8,11,16,18,21,26,30,32,39H2/b58-43+. The van der Waals surface area contributed by atoms with Crippen molar-refractivity contribution in [2.75, 3.05) is 0 Å². The van der Waals surface area contributed by atoms with Gasteiger partial charge in [-0.3, -0.25) is 0 Å². The van der Waals surface area contributed by atoms with E-state index < -0.39 is 0 Å². The molecule has 4 heterocycles. The predicted molar refractivity (Wildman–Crippen MR) is 272 cm³/mol. The van der Waals surface area contributed by atoms with Crippen LogP contribution in [-0.4, -0.2) is 21.9 Å². The highest BCUT2D eigenvalue weighted by Crippen LogP contribution is 2.59. The molecule has 12 rings (SSSR count). The molecule has 5 aliphatic carbocycles. The van der Waals surface area contributed by atoms with Gasteiger partial charge in [-0.2, -0.15) is 0 Å². The summed E-state index contributed by atoms with van der Waals surface area (Å²) < 4.78 is 0. The van der Waals surface area contributed by atoms with Gasteiger partial charge in [0.15, 0.2) is 0 Å². The molecule has 0 radical (unpaired) electrons. The molecule has 0 N–H and O–H groups in total. The normalized spacial score (nSPS) is 27.4. The summed E-state index contributed by atoms with van der Waals surface area (Å²) in [5.41, 5.74) is 20.7. The number of aryl methyl sites for hydroxylation is 1. The lowest BCUT2D eigenvalue weighted by Crippen LogP contribution is -2.40. The molecule has 3 aromatic rings. The first-order valence-corrected chi connectivity index (χ1v) is 25.4. The van der Waals surface area contributed by atoms with E-state index in [9.17, 15) is 0 Å². The molecule has 326 valence electrons. The molecular formula is C63H64N2. The molecule has 0 aromatic heterocycles. The van der Waals surface area contributed by atoms with Gasteiger partial charge >= 0.3 is 0 Å². The maximum atomic E-state index is 2.73. The third kappa shape index (κ3) is 8.02. The fourth-order valence-corrected chi connectivity index (χ4v) is 12.7. The zero-order chi connectivity index (χ0) is 43.1. The summed E-state index contributed by atoms with van der Waals surface area (Å²) in [6.07, 6.45) is 59.1. The first-order chi connectivity index (χ1) is 32.2. The third-order valence-corrected chi connectivity index (χ3v) is 16.1. The number of unbranched alkanes of at least 4 members (excludes halogenated alkanes) is 3. The molecule has 0 amide bonds. The van der Waals surface area contributed by atoms with Gasteiger partial charge in [-0.05, 0) is 175 Å². The van der Waals surface area contributed by atoms with Crippen LogP contribution in [0.4, 0.5) is 0 Å². The maximum absolute atomic E-state index is 2.73. The van der Waals surface area contributed by atoms with Gasteiger partial charge in [-0.15, -0.1) is 0 Å². The number of hydrogen-bond donors (Lipinski definition) is 0. The monoisotopic (exact) mass is 849 g/mol. The second-order valence-corrected chi connectivity index (χ2v) is 20.1. The number of nitrogens with zero attached hydrogens (tertiary/aromatic N) is 2. The van der Waals surface area contributed by atoms with Gasteiger partial charge in [0.05, 0.1) is 24.2 Å². The fraction of sp³-hybridized carbons (Fsp3) is 0.333. The van der Waals surface area contributed by atoms with Crippen molar-refractivity contribution in [3.63, 3.8) is 0 Å². The Morgan fingerprint density at radius 3 is 2.49 bits per heavy atom. The Bertz CT molecular complexity index is 2750. The summed E-state index contributed by atoms with van der Waals surface area (Å²) in [7, 11) is 0. The third-order valence-electron chi connectivity index (χ3n) is 16.1. The lowest BCUT2D eigenvalue weighted by Gasteiger charge is -2.40.